The van der Waals surface area contributed by atoms with Gasteiger partial charge < -0.3 is 24.2 Å². The van der Waals surface area contributed by atoms with Crippen LogP contribution in [0.4, 0.5) is 16.2 Å². The molecule has 0 atom stereocenters. The molecular weight excluding hydrogens is 420 g/mol. The summed E-state index contributed by atoms with van der Waals surface area (Å²) in [6, 6.07) is 6.70. The SMILES string of the molecule is CCOCN(C)c1cnn(C(=O)N2CCN(Cc3ccc(N4CCOCC4)cc3C)CC2)c1. The van der Waals surface area contributed by atoms with Gasteiger partial charge in [0.25, 0.3) is 0 Å². The van der Waals surface area contributed by atoms with Crippen molar-refractivity contribution in [3.8, 4) is 0 Å². The fourth-order valence-electron chi connectivity index (χ4n) is 4.28. The predicted molar refractivity (Wildman–Crippen MR) is 129 cm³/mol. The van der Waals surface area contributed by atoms with Crippen LogP contribution in [-0.2, 0) is 16.0 Å². The molecule has 0 bridgehead atoms. The number of rotatable bonds is 7. The minimum absolute atomic E-state index is 0.0724. The highest BCUT2D eigenvalue weighted by Gasteiger charge is 2.23. The Morgan fingerprint density at radius 3 is 2.61 bits per heavy atom. The highest BCUT2D eigenvalue weighted by Crippen LogP contribution is 2.22. The number of morpholine rings is 1. The fraction of sp³-hybridized carbons (Fsp3) is 0.583. The quantitative estimate of drug-likeness (QED) is 0.592. The highest BCUT2D eigenvalue weighted by molar-refractivity contribution is 5.77. The van der Waals surface area contributed by atoms with Crippen LogP contribution in [-0.4, -0.2) is 98.5 Å². The molecule has 2 saturated heterocycles. The first-order valence-corrected chi connectivity index (χ1v) is 11.8. The zero-order chi connectivity index (χ0) is 23.2. The van der Waals surface area contributed by atoms with E-state index in [1.165, 1.54) is 21.5 Å². The van der Waals surface area contributed by atoms with Crippen LogP contribution >= 0.6 is 0 Å². The Balaban J connectivity index is 1.28. The number of carbonyl (C=O) groups is 1. The molecule has 9 nitrogen and oxygen atoms in total. The molecule has 2 aromatic rings. The summed E-state index contributed by atoms with van der Waals surface area (Å²) in [6.45, 7) is 12.8. The minimum atomic E-state index is -0.0724. The third kappa shape index (κ3) is 5.85. The van der Waals surface area contributed by atoms with Crippen LogP contribution in [0.15, 0.2) is 30.6 Å². The minimum Gasteiger partial charge on any atom is -0.378 e. The van der Waals surface area contributed by atoms with Crippen LogP contribution in [0.2, 0.25) is 0 Å². The molecule has 180 valence electrons. The van der Waals surface area contributed by atoms with Crippen LogP contribution in [0.3, 0.4) is 0 Å². The van der Waals surface area contributed by atoms with E-state index in [4.69, 9.17) is 9.47 Å². The number of piperazine rings is 1. The Bertz CT molecular complexity index is 919. The van der Waals surface area contributed by atoms with Gasteiger partial charge in [0, 0.05) is 65.2 Å². The Morgan fingerprint density at radius 2 is 1.91 bits per heavy atom. The molecule has 2 fully saturated rings. The Hall–Kier alpha value is -2.62. The fourth-order valence-corrected chi connectivity index (χ4v) is 4.28. The topological polar surface area (TPSA) is 66.3 Å². The summed E-state index contributed by atoms with van der Waals surface area (Å²) >= 11 is 0. The average molecular weight is 457 g/mol. The lowest BCUT2D eigenvalue weighted by Gasteiger charge is -2.35. The van der Waals surface area contributed by atoms with Gasteiger partial charge in [-0.05, 0) is 37.1 Å². The first-order valence-electron chi connectivity index (χ1n) is 11.8. The van der Waals surface area contributed by atoms with Crippen molar-refractivity contribution in [3.05, 3.63) is 41.7 Å². The lowest BCUT2D eigenvalue weighted by atomic mass is 10.1. The molecule has 4 rings (SSSR count). The molecule has 0 unspecified atom stereocenters. The van der Waals surface area contributed by atoms with E-state index in [9.17, 15) is 4.79 Å². The molecule has 0 aliphatic carbocycles. The van der Waals surface area contributed by atoms with Crippen molar-refractivity contribution in [3.63, 3.8) is 0 Å². The van der Waals surface area contributed by atoms with Gasteiger partial charge in [-0.25, -0.2) is 4.79 Å². The van der Waals surface area contributed by atoms with Gasteiger partial charge >= 0.3 is 6.03 Å². The Labute approximate surface area is 196 Å². The van der Waals surface area contributed by atoms with Crippen molar-refractivity contribution in [1.82, 2.24) is 19.6 Å². The van der Waals surface area contributed by atoms with Gasteiger partial charge in [0.15, 0.2) is 0 Å². The second-order valence-electron chi connectivity index (χ2n) is 8.72. The molecule has 1 aromatic heterocycles. The number of anilines is 2. The van der Waals surface area contributed by atoms with E-state index >= 15 is 0 Å². The number of nitrogens with zero attached hydrogens (tertiary/aromatic N) is 6. The van der Waals surface area contributed by atoms with Crippen molar-refractivity contribution in [1.29, 1.82) is 0 Å². The van der Waals surface area contributed by atoms with Gasteiger partial charge in [0.05, 0.1) is 31.3 Å². The first-order chi connectivity index (χ1) is 16.0. The maximum atomic E-state index is 12.9. The number of aromatic nitrogens is 2. The molecule has 2 aliphatic heterocycles. The van der Waals surface area contributed by atoms with E-state index in [0.717, 1.165) is 51.6 Å². The summed E-state index contributed by atoms with van der Waals surface area (Å²) in [5.74, 6) is 0. The third-order valence-corrected chi connectivity index (χ3v) is 6.43. The first kappa shape index (κ1) is 23.5. The third-order valence-electron chi connectivity index (χ3n) is 6.43. The van der Waals surface area contributed by atoms with E-state index in [2.05, 4.69) is 40.0 Å². The summed E-state index contributed by atoms with van der Waals surface area (Å²) in [4.78, 5) is 21.5. The molecule has 1 amide bonds. The Morgan fingerprint density at radius 1 is 1.15 bits per heavy atom. The molecule has 2 aliphatic rings. The number of benzene rings is 1. The van der Waals surface area contributed by atoms with E-state index in [1.54, 1.807) is 12.4 Å². The molecule has 0 radical (unpaired) electrons. The molecule has 1 aromatic carbocycles. The summed E-state index contributed by atoms with van der Waals surface area (Å²) < 4.78 is 12.3. The number of hydrogen-bond donors (Lipinski definition) is 0. The van der Waals surface area contributed by atoms with Gasteiger partial charge in [-0.3, -0.25) is 4.90 Å². The standard InChI is InChI=1S/C24H36N6O3/c1-4-32-19-26(3)23-16-25-30(18-23)24(31)29-9-7-27(8-10-29)17-21-5-6-22(15-20(21)2)28-11-13-33-14-12-28/h5-6,15-16,18H,4,7-14,17,19H2,1-3H3. The molecular formula is C24H36N6O3. The zero-order valence-corrected chi connectivity index (χ0v) is 20.1. The average Bonchev–Trinajstić information content (AvgIpc) is 3.35. The van der Waals surface area contributed by atoms with Crippen molar-refractivity contribution in [2.24, 2.45) is 0 Å². The molecule has 0 N–H and O–H groups in total. The van der Waals surface area contributed by atoms with Crippen molar-refractivity contribution in [2.45, 2.75) is 20.4 Å². The van der Waals surface area contributed by atoms with E-state index in [0.29, 0.717) is 26.4 Å². The number of ether oxygens (including phenoxy) is 2. The lowest BCUT2D eigenvalue weighted by Crippen LogP contribution is -2.49. The summed E-state index contributed by atoms with van der Waals surface area (Å²) in [5, 5.41) is 4.27. The molecule has 0 spiro atoms. The van der Waals surface area contributed by atoms with Crippen LogP contribution in [0.5, 0.6) is 0 Å². The second kappa shape index (κ2) is 11.0. The zero-order valence-electron chi connectivity index (χ0n) is 20.1. The Kier molecular flexibility index (Phi) is 7.85. The van der Waals surface area contributed by atoms with Crippen LogP contribution < -0.4 is 9.80 Å². The van der Waals surface area contributed by atoms with Gasteiger partial charge in [-0.15, -0.1) is 0 Å². The van der Waals surface area contributed by atoms with Crippen molar-refractivity contribution in [2.75, 3.05) is 82.7 Å². The monoisotopic (exact) mass is 456 g/mol. The van der Waals surface area contributed by atoms with Gasteiger partial charge in [0.2, 0.25) is 0 Å². The van der Waals surface area contributed by atoms with Crippen molar-refractivity contribution < 1.29 is 14.3 Å². The molecule has 0 saturated carbocycles. The maximum Gasteiger partial charge on any atom is 0.344 e. The number of aryl methyl sites for hydroxylation is 1. The van der Waals surface area contributed by atoms with Crippen LogP contribution in [0, 0.1) is 6.92 Å². The second-order valence-corrected chi connectivity index (χ2v) is 8.72. The van der Waals surface area contributed by atoms with Crippen LogP contribution in [0.1, 0.15) is 18.1 Å². The summed E-state index contributed by atoms with van der Waals surface area (Å²) in [6.07, 6.45) is 3.48. The number of hydrogen-bond acceptors (Lipinski definition) is 7. The maximum absolute atomic E-state index is 12.9. The molecule has 33 heavy (non-hydrogen) atoms. The largest absolute Gasteiger partial charge is 0.378 e. The van der Waals surface area contributed by atoms with E-state index in [1.807, 2.05) is 23.8 Å². The lowest BCUT2D eigenvalue weighted by molar-refractivity contribution is 0.122. The van der Waals surface area contributed by atoms with Gasteiger partial charge in [-0.1, -0.05) is 6.07 Å². The number of amides is 1. The van der Waals surface area contributed by atoms with Crippen molar-refractivity contribution >= 4 is 17.4 Å². The summed E-state index contributed by atoms with van der Waals surface area (Å²) in [5.41, 5.74) is 4.81. The molecule has 9 heteroatoms. The smallest absolute Gasteiger partial charge is 0.344 e. The highest BCUT2D eigenvalue weighted by atomic mass is 16.5. The normalized spacial score (nSPS) is 17.4. The van der Waals surface area contributed by atoms with Gasteiger partial charge in [-0.2, -0.15) is 9.78 Å². The van der Waals surface area contributed by atoms with E-state index < -0.39 is 0 Å². The summed E-state index contributed by atoms with van der Waals surface area (Å²) in [7, 11) is 1.93. The van der Waals surface area contributed by atoms with Gasteiger partial charge in [0.1, 0.15) is 6.73 Å². The predicted octanol–water partition coefficient (Wildman–Crippen LogP) is 2.24. The molecule has 3 heterocycles. The van der Waals surface area contributed by atoms with E-state index in [-0.39, 0.29) is 6.03 Å². The van der Waals surface area contributed by atoms with Crippen LogP contribution in [0.25, 0.3) is 0 Å². The number of carbonyl (C=O) groups excluding carboxylic acids is 1.